The summed E-state index contributed by atoms with van der Waals surface area (Å²) in [6, 6.07) is 10.7. The summed E-state index contributed by atoms with van der Waals surface area (Å²) in [6.07, 6.45) is 1.43. The van der Waals surface area contributed by atoms with E-state index in [1.807, 2.05) is 6.92 Å². The number of carbonyl (C=O) groups excluding carboxylic acids is 1. The Bertz CT molecular complexity index is 1120. The van der Waals surface area contributed by atoms with Crippen molar-refractivity contribution in [3.05, 3.63) is 74.3 Å². The van der Waals surface area contributed by atoms with Gasteiger partial charge in [0, 0.05) is 12.1 Å². The second-order valence-corrected chi connectivity index (χ2v) is 5.57. The molecule has 28 heavy (non-hydrogen) atoms. The van der Waals surface area contributed by atoms with Crippen LogP contribution in [0.3, 0.4) is 0 Å². The summed E-state index contributed by atoms with van der Waals surface area (Å²) in [4.78, 5) is 40.8. The number of non-ortho nitro benzene ring substituents is 1. The highest BCUT2D eigenvalue weighted by atomic mass is 16.6. The van der Waals surface area contributed by atoms with E-state index in [0.717, 1.165) is 17.4 Å². The molecule has 0 bridgehead atoms. The van der Waals surface area contributed by atoms with Crippen LogP contribution < -0.4 is 15.7 Å². The molecular formula is C18H15N5O5. The maximum absolute atomic E-state index is 12.2. The first-order valence-electron chi connectivity index (χ1n) is 8.22. The van der Waals surface area contributed by atoms with E-state index in [1.165, 1.54) is 18.3 Å². The predicted octanol–water partition coefficient (Wildman–Crippen LogP) is 1.99. The molecule has 2 N–H and O–H groups in total. The maximum Gasteiger partial charge on any atom is 0.307 e. The van der Waals surface area contributed by atoms with Gasteiger partial charge in [-0.2, -0.15) is 5.10 Å². The predicted molar refractivity (Wildman–Crippen MR) is 102 cm³/mol. The average molecular weight is 381 g/mol. The zero-order valence-corrected chi connectivity index (χ0v) is 14.7. The number of nitrogens with zero attached hydrogens (tertiary/aromatic N) is 3. The number of ether oxygens (including phenoxy) is 1. The third-order valence-electron chi connectivity index (χ3n) is 3.69. The van der Waals surface area contributed by atoms with E-state index in [2.05, 4.69) is 20.5 Å². The number of benzene rings is 2. The number of hydrazone groups is 1. The normalized spacial score (nSPS) is 10.9. The second kappa shape index (κ2) is 8.08. The summed E-state index contributed by atoms with van der Waals surface area (Å²) in [7, 11) is 0. The van der Waals surface area contributed by atoms with Crippen molar-refractivity contribution in [2.75, 3.05) is 6.61 Å². The zero-order valence-electron chi connectivity index (χ0n) is 14.7. The molecular weight excluding hydrogens is 366 g/mol. The fraction of sp³-hybridized carbons (Fsp3) is 0.111. The molecule has 10 heteroatoms. The van der Waals surface area contributed by atoms with Crippen LogP contribution in [0.5, 0.6) is 5.75 Å². The van der Waals surface area contributed by atoms with Crippen molar-refractivity contribution in [3.8, 4) is 5.75 Å². The quantitative estimate of drug-likeness (QED) is 0.380. The van der Waals surface area contributed by atoms with E-state index in [-0.39, 0.29) is 22.4 Å². The summed E-state index contributed by atoms with van der Waals surface area (Å²) in [5, 5.41) is 14.6. The monoisotopic (exact) mass is 381 g/mol. The Morgan fingerprint density at radius 3 is 2.75 bits per heavy atom. The summed E-state index contributed by atoms with van der Waals surface area (Å²) < 4.78 is 5.33. The minimum Gasteiger partial charge on any atom is -0.494 e. The number of H-pyrrole nitrogens is 1. The number of carbonyl (C=O) groups is 1. The van der Waals surface area contributed by atoms with E-state index >= 15 is 0 Å². The van der Waals surface area contributed by atoms with Crippen LogP contribution in [-0.2, 0) is 0 Å². The Labute approximate surface area is 158 Å². The molecule has 3 rings (SSSR count). The van der Waals surface area contributed by atoms with Gasteiger partial charge in [-0.05, 0) is 42.8 Å². The van der Waals surface area contributed by atoms with Gasteiger partial charge in [-0.15, -0.1) is 0 Å². The topological polar surface area (TPSA) is 140 Å². The average Bonchev–Trinajstić information content (AvgIpc) is 2.69. The third-order valence-corrected chi connectivity index (χ3v) is 3.69. The number of nitrogens with one attached hydrogen (secondary N) is 2. The number of aromatic nitrogens is 2. The van der Waals surface area contributed by atoms with Gasteiger partial charge in [0.15, 0.2) is 0 Å². The van der Waals surface area contributed by atoms with E-state index in [4.69, 9.17) is 4.74 Å². The van der Waals surface area contributed by atoms with Crippen molar-refractivity contribution in [2.24, 2.45) is 5.10 Å². The fourth-order valence-electron chi connectivity index (χ4n) is 2.38. The van der Waals surface area contributed by atoms with Crippen LogP contribution in [0.1, 0.15) is 23.1 Å². The van der Waals surface area contributed by atoms with Gasteiger partial charge < -0.3 is 9.72 Å². The number of amides is 1. The van der Waals surface area contributed by atoms with Crippen LogP contribution in [0.4, 0.5) is 5.69 Å². The van der Waals surface area contributed by atoms with Gasteiger partial charge in [0.2, 0.25) is 5.82 Å². The van der Waals surface area contributed by atoms with Crippen molar-refractivity contribution in [3.63, 3.8) is 0 Å². The lowest BCUT2D eigenvalue weighted by atomic mass is 10.2. The SMILES string of the molecule is CCOc1ccc(/C=N\NC(=O)c2nc3ccc([N+](=O)[O-])cc3c(=O)[nH]2)cc1. The van der Waals surface area contributed by atoms with Gasteiger partial charge in [0.25, 0.3) is 11.2 Å². The molecule has 0 radical (unpaired) electrons. The Kier molecular flexibility index (Phi) is 5.40. The molecule has 10 nitrogen and oxygen atoms in total. The Balaban J connectivity index is 1.75. The number of fused-ring (bicyclic) bond motifs is 1. The molecule has 0 aliphatic carbocycles. The van der Waals surface area contributed by atoms with Crippen LogP contribution >= 0.6 is 0 Å². The van der Waals surface area contributed by atoms with Crippen molar-refractivity contribution < 1.29 is 14.5 Å². The van der Waals surface area contributed by atoms with E-state index in [1.54, 1.807) is 24.3 Å². The lowest BCUT2D eigenvalue weighted by Gasteiger charge is -2.03. The van der Waals surface area contributed by atoms with Crippen LogP contribution in [-0.4, -0.2) is 33.6 Å². The molecule has 0 fully saturated rings. The lowest BCUT2D eigenvalue weighted by Crippen LogP contribution is -2.24. The van der Waals surface area contributed by atoms with Crippen LogP contribution in [0.2, 0.25) is 0 Å². The molecule has 142 valence electrons. The molecule has 0 saturated heterocycles. The van der Waals surface area contributed by atoms with Gasteiger partial charge in [0.1, 0.15) is 5.75 Å². The Morgan fingerprint density at radius 2 is 2.07 bits per heavy atom. The molecule has 2 aromatic carbocycles. The van der Waals surface area contributed by atoms with Gasteiger partial charge in [-0.3, -0.25) is 19.7 Å². The van der Waals surface area contributed by atoms with E-state index in [9.17, 15) is 19.7 Å². The number of hydrogen-bond acceptors (Lipinski definition) is 7. The molecule has 0 aliphatic heterocycles. The molecule has 0 aliphatic rings. The molecule has 3 aromatic rings. The molecule has 0 spiro atoms. The van der Waals surface area contributed by atoms with Crippen molar-refractivity contribution in [2.45, 2.75) is 6.92 Å². The van der Waals surface area contributed by atoms with Crippen LogP contribution in [0.15, 0.2) is 52.4 Å². The summed E-state index contributed by atoms with van der Waals surface area (Å²) in [6.45, 7) is 2.45. The van der Waals surface area contributed by atoms with Crippen molar-refractivity contribution in [1.29, 1.82) is 0 Å². The highest BCUT2D eigenvalue weighted by Crippen LogP contribution is 2.16. The minimum absolute atomic E-state index is 0.0173. The van der Waals surface area contributed by atoms with E-state index in [0.29, 0.717) is 6.61 Å². The number of hydrogen-bond donors (Lipinski definition) is 2. The number of aromatic amines is 1. The smallest absolute Gasteiger partial charge is 0.307 e. The van der Waals surface area contributed by atoms with Gasteiger partial charge in [0.05, 0.1) is 28.6 Å². The third kappa shape index (κ3) is 4.18. The molecule has 0 saturated carbocycles. The number of nitro groups is 1. The summed E-state index contributed by atoms with van der Waals surface area (Å²) in [5.41, 5.74) is 2.26. The molecule has 0 atom stereocenters. The standard InChI is InChI=1S/C18H15N5O5/c1-2-28-13-6-3-11(4-7-13)10-19-22-18(25)16-20-15-8-5-12(23(26)27)9-14(15)17(24)21-16/h3-10H,2H2,1H3,(H,22,25)(H,20,21,24)/b19-10-. The Morgan fingerprint density at radius 1 is 1.32 bits per heavy atom. The van der Waals surface area contributed by atoms with Gasteiger partial charge in [-0.1, -0.05) is 0 Å². The van der Waals surface area contributed by atoms with Crippen LogP contribution in [0.25, 0.3) is 10.9 Å². The number of nitro benzene ring substituents is 1. The Hall–Kier alpha value is -4.08. The molecule has 1 aromatic heterocycles. The van der Waals surface area contributed by atoms with Crippen molar-refractivity contribution >= 4 is 28.7 Å². The summed E-state index contributed by atoms with van der Waals surface area (Å²) >= 11 is 0. The number of rotatable bonds is 6. The van der Waals surface area contributed by atoms with Crippen LogP contribution in [0, 0.1) is 10.1 Å². The summed E-state index contributed by atoms with van der Waals surface area (Å²) in [5.74, 6) is -0.253. The van der Waals surface area contributed by atoms with Gasteiger partial charge in [-0.25, -0.2) is 10.4 Å². The van der Waals surface area contributed by atoms with Gasteiger partial charge >= 0.3 is 5.91 Å². The molecule has 1 amide bonds. The highest BCUT2D eigenvalue weighted by molar-refractivity contribution is 5.93. The largest absolute Gasteiger partial charge is 0.494 e. The first kappa shape index (κ1) is 18.7. The fourth-order valence-corrected chi connectivity index (χ4v) is 2.38. The second-order valence-electron chi connectivity index (χ2n) is 5.57. The lowest BCUT2D eigenvalue weighted by molar-refractivity contribution is -0.384. The molecule has 1 heterocycles. The minimum atomic E-state index is -0.723. The maximum atomic E-state index is 12.2. The van der Waals surface area contributed by atoms with Crippen molar-refractivity contribution in [1.82, 2.24) is 15.4 Å². The highest BCUT2D eigenvalue weighted by Gasteiger charge is 2.14. The first-order chi connectivity index (χ1) is 13.5. The molecule has 0 unspecified atom stereocenters. The first-order valence-corrected chi connectivity index (χ1v) is 8.22. The van der Waals surface area contributed by atoms with E-state index < -0.39 is 16.4 Å². The zero-order chi connectivity index (χ0) is 20.1.